The molecule has 0 saturated carbocycles. The normalized spacial score (nSPS) is 15.4. The first-order valence-electron chi connectivity index (χ1n) is 7.65. The Kier molecular flexibility index (Phi) is 4.36. The Labute approximate surface area is 134 Å². The monoisotopic (exact) mass is 313 g/mol. The Bertz CT molecular complexity index is 690. The first-order valence-corrected chi connectivity index (χ1v) is 7.65. The van der Waals surface area contributed by atoms with Gasteiger partial charge >= 0.3 is 0 Å². The molecule has 7 heteroatoms. The lowest BCUT2D eigenvalue weighted by molar-refractivity contribution is -0.129. The number of amides is 2. The third kappa shape index (κ3) is 3.56. The topological polar surface area (TPSA) is 80.1 Å². The lowest BCUT2D eigenvalue weighted by atomic mass is 10.0. The van der Waals surface area contributed by atoms with E-state index in [1.165, 1.54) is 0 Å². The molecule has 23 heavy (non-hydrogen) atoms. The number of carbonyl (C=O) groups excluding carboxylic acids is 2. The van der Waals surface area contributed by atoms with E-state index in [1.807, 2.05) is 6.07 Å². The van der Waals surface area contributed by atoms with Gasteiger partial charge in [-0.3, -0.25) is 14.2 Å². The maximum Gasteiger partial charge on any atom is 0.270 e. The van der Waals surface area contributed by atoms with E-state index in [9.17, 15) is 9.59 Å². The number of pyridine rings is 1. The van der Waals surface area contributed by atoms with Crippen LogP contribution in [0.1, 0.15) is 30.3 Å². The van der Waals surface area contributed by atoms with Crippen molar-refractivity contribution in [2.45, 2.75) is 25.8 Å². The van der Waals surface area contributed by atoms with E-state index in [-0.39, 0.29) is 17.9 Å². The molecule has 0 radical (unpaired) electrons. The quantitative estimate of drug-likeness (QED) is 0.917. The van der Waals surface area contributed by atoms with Crippen LogP contribution in [0.5, 0.6) is 0 Å². The fourth-order valence-electron chi connectivity index (χ4n) is 2.69. The average molecular weight is 313 g/mol. The molecule has 3 rings (SSSR count). The van der Waals surface area contributed by atoms with Crippen LogP contribution in [0.4, 0.5) is 0 Å². The molecule has 3 heterocycles. The van der Waals surface area contributed by atoms with Crippen molar-refractivity contribution in [3.8, 4) is 5.82 Å². The standard InChI is InChI=1S/C16H19N5O2/c1-12(22)20-8-5-13(6-9-20)18-16(23)14-3-2-4-15(19-14)21-10-7-17-11-21/h2-4,7,10-11,13H,5-6,8-9H2,1H3,(H,18,23). The lowest BCUT2D eigenvalue weighted by Crippen LogP contribution is -2.46. The van der Waals surface area contributed by atoms with Gasteiger partial charge in [-0.25, -0.2) is 9.97 Å². The van der Waals surface area contributed by atoms with Gasteiger partial charge < -0.3 is 10.2 Å². The Morgan fingerprint density at radius 2 is 2.04 bits per heavy atom. The molecular formula is C16H19N5O2. The Morgan fingerprint density at radius 1 is 1.26 bits per heavy atom. The minimum atomic E-state index is -0.187. The smallest absolute Gasteiger partial charge is 0.270 e. The molecule has 0 aromatic carbocycles. The van der Waals surface area contributed by atoms with Gasteiger partial charge in [-0.05, 0) is 25.0 Å². The summed E-state index contributed by atoms with van der Waals surface area (Å²) in [6.45, 7) is 2.94. The number of nitrogens with zero attached hydrogens (tertiary/aromatic N) is 4. The van der Waals surface area contributed by atoms with Gasteiger partial charge in [0.2, 0.25) is 5.91 Å². The summed E-state index contributed by atoms with van der Waals surface area (Å²) in [6, 6.07) is 5.40. The summed E-state index contributed by atoms with van der Waals surface area (Å²) in [5.74, 6) is 0.555. The highest BCUT2D eigenvalue weighted by molar-refractivity contribution is 5.92. The Balaban J connectivity index is 1.63. The molecule has 2 amide bonds. The summed E-state index contributed by atoms with van der Waals surface area (Å²) in [7, 11) is 0. The number of piperidine rings is 1. The molecule has 2 aromatic rings. The van der Waals surface area contributed by atoms with Crippen molar-refractivity contribution in [2.75, 3.05) is 13.1 Å². The zero-order valence-corrected chi connectivity index (χ0v) is 13.0. The number of hydrogen-bond acceptors (Lipinski definition) is 4. The molecule has 1 N–H and O–H groups in total. The fraction of sp³-hybridized carbons (Fsp3) is 0.375. The van der Waals surface area contributed by atoms with Crippen LogP contribution < -0.4 is 5.32 Å². The SMILES string of the molecule is CC(=O)N1CCC(NC(=O)c2cccc(-n3ccnc3)n2)CC1. The summed E-state index contributed by atoms with van der Waals surface area (Å²) in [6.07, 6.45) is 6.62. The summed E-state index contributed by atoms with van der Waals surface area (Å²) < 4.78 is 1.75. The van der Waals surface area contributed by atoms with Crippen molar-refractivity contribution in [2.24, 2.45) is 0 Å². The molecular weight excluding hydrogens is 294 g/mol. The molecule has 1 aliphatic rings. The highest BCUT2D eigenvalue weighted by atomic mass is 16.2. The first-order chi connectivity index (χ1) is 11.1. The third-order valence-corrected chi connectivity index (χ3v) is 4.01. The number of likely N-dealkylation sites (tertiary alicyclic amines) is 1. The van der Waals surface area contributed by atoms with E-state index < -0.39 is 0 Å². The van der Waals surface area contributed by atoms with Crippen LogP contribution in [-0.2, 0) is 4.79 Å². The molecule has 1 aliphatic heterocycles. The number of carbonyl (C=O) groups is 2. The zero-order valence-electron chi connectivity index (χ0n) is 13.0. The predicted octanol–water partition coefficient (Wildman–Crippen LogP) is 1.01. The van der Waals surface area contributed by atoms with Crippen LogP contribution in [0.15, 0.2) is 36.9 Å². The maximum atomic E-state index is 12.4. The van der Waals surface area contributed by atoms with Gasteiger partial charge in [0, 0.05) is 38.4 Å². The van der Waals surface area contributed by atoms with Gasteiger partial charge in [-0.1, -0.05) is 6.07 Å². The second-order valence-electron chi connectivity index (χ2n) is 5.60. The molecule has 120 valence electrons. The van der Waals surface area contributed by atoms with E-state index in [1.54, 1.807) is 47.2 Å². The Morgan fingerprint density at radius 3 is 2.70 bits per heavy atom. The fourth-order valence-corrected chi connectivity index (χ4v) is 2.69. The van der Waals surface area contributed by atoms with Crippen molar-refractivity contribution < 1.29 is 9.59 Å². The highest BCUT2D eigenvalue weighted by Gasteiger charge is 2.22. The highest BCUT2D eigenvalue weighted by Crippen LogP contribution is 2.12. The van der Waals surface area contributed by atoms with Gasteiger partial charge in [0.1, 0.15) is 17.8 Å². The number of hydrogen-bond donors (Lipinski definition) is 1. The molecule has 1 fully saturated rings. The van der Waals surface area contributed by atoms with E-state index >= 15 is 0 Å². The maximum absolute atomic E-state index is 12.4. The average Bonchev–Trinajstić information content (AvgIpc) is 3.10. The van der Waals surface area contributed by atoms with Crippen LogP contribution in [0.2, 0.25) is 0 Å². The minimum absolute atomic E-state index is 0.0804. The molecule has 0 unspecified atom stereocenters. The number of aromatic nitrogens is 3. The number of nitrogens with one attached hydrogen (secondary N) is 1. The van der Waals surface area contributed by atoms with E-state index in [4.69, 9.17) is 0 Å². The molecule has 0 spiro atoms. The van der Waals surface area contributed by atoms with E-state index in [2.05, 4.69) is 15.3 Å². The zero-order chi connectivity index (χ0) is 16.2. The van der Waals surface area contributed by atoms with Gasteiger partial charge in [0.25, 0.3) is 5.91 Å². The number of rotatable bonds is 3. The molecule has 0 atom stereocenters. The van der Waals surface area contributed by atoms with Crippen LogP contribution in [0, 0.1) is 0 Å². The summed E-state index contributed by atoms with van der Waals surface area (Å²) >= 11 is 0. The molecule has 2 aromatic heterocycles. The van der Waals surface area contributed by atoms with E-state index in [0.717, 1.165) is 12.8 Å². The number of imidazole rings is 1. The van der Waals surface area contributed by atoms with Crippen LogP contribution >= 0.6 is 0 Å². The second-order valence-corrected chi connectivity index (χ2v) is 5.60. The van der Waals surface area contributed by atoms with Crippen molar-refractivity contribution in [1.82, 2.24) is 24.8 Å². The Hall–Kier alpha value is -2.70. The van der Waals surface area contributed by atoms with Crippen LogP contribution in [0.25, 0.3) is 5.82 Å². The van der Waals surface area contributed by atoms with Crippen LogP contribution in [0.3, 0.4) is 0 Å². The lowest BCUT2D eigenvalue weighted by Gasteiger charge is -2.31. The summed E-state index contributed by atoms with van der Waals surface area (Å²) in [5, 5.41) is 3.00. The molecule has 1 saturated heterocycles. The molecule has 7 nitrogen and oxygen atoms in total. The molecule has 0 bridgehead atoms. The predicted molar refractivity (Wildman–Crippen MR) is 84.1 cm³/mol. The van der Waals surface area contributed by atoms with Crippen molar-refractivity contribution in [1.29, 1.82) is 0 Å². The first kappa shape index (κ1) is 15.2. The van der Waals surface area contributed by atoms with Crippen molar-refractivity contribution in [3.63, 3.8) is 0 Å². The largest absolute Gasteiger partial charge is 0.348 e. The van der Waals surface area contributed by atoms with Crippen molar-refractivity contribution >= 4 is 11.8 Å². The van der Waals surface area contributed by atoms with Gasteiger partial charge in [-0.2, -0.15) is 0 Å². The minimum Gasteiger partial charge on any atom is -0.348 e. The third-order valence-electron chi connectivity index (χ3n) is 4.01. The molecule has 0 aliphatic carbocycles. The van der Waals surface area contributed by atoms with Gasteiger partial charge in [0.15, 0.2) is 0 Å². The van der Waals surface area contributed by atoms with Crippen molar-refractivity contribution in [3.05, 3.63) is 42.6 Å². The summed E-state index contributed by atoms with van der Waals surface area (Å²) in [5.41, 5.74) is 0.380. The van der Waals surface area contributed by atoms with E-state index in [0.29, 0.717) is 24.6 Å². The second kappa shape index (κ2) is 6.60. The van der Waals surface area contributed by atoms with Gasteiger partial charge in [0.05, 0.1) is 0 Å². The summed E-state index contributed by atoms with van der Waals surface area (Å²) in [4.78, 5) is 33.8. The van der Waals surface area contributed by atoms with Gasteiger partial charge in [-0.15, -0.1) is 0 Å². The van der Waals surface area contributed by atoms with Crippen LogP contribution in [-0.4, -0.2) is 50.4 Å².